The highest BCUT2D eigenvalue weighted by Gasteiger charge is 2.29. The molecule has 0 heterocycles. The molecule has 3 N–H and O–H groups in total. The summed E-state index contributed by atoms with van der Waals surface area (Å²) in [6.07, 6.45) is -1.11. The Balaban J connectivity index is 2.85. The second kappa shape index (κ2) is 8.14. The van der Waals surface area contributed by atoms with Crippen LogP contribution in [-0.2, 0) is 14.3 Å². The van der Waals surface area contributed by atoms with Crippen molar-refractivity contribution in [1.82, 2.24) is 10.2 Å². The van der Waals surface area contributed by atoms with Gasteiger partial charge in [0.2, 0.25) is 0 Å². The fraction of sp³-hybridized carbons (Fsp3) is 0.400. The van der Waals surface area contributed by atoms with Gasteiger partial charge in [-0.15, -0.1) is 0 Å². The molecule has 0 unspecified atom stereocenters. The van der Waals surface area contributed by atoms with Gasteiger partial charge in [0.25, 0.3) is 5.91 Å². The normalized spacial score (nSPS) is 13.3. The summed E-state index contributed by atoms with van der Waals surface area (Å²) in [5.41, 5.74) is 5.63. The van der Waals surface area contributed by atoms with E-state index in [4.69, 9.17) is 10.5 Å². The highest BCUT2D eigenvalue weighted by atomic mass is 16.5. The quantitative estimate of drug-likeness (QED) is 0.757. The van der Waals surface area contributed by atoms with E-state index >= 15 is 0 Å². The number of amides is 3. The van der Waals surface area contributed by atoms with Crippen molar-refractivity contribution in [3.8, 4) is 0 Å². The number of primary amides is 1. The van der Waals surface area contributed by atoms with Gasteiger partial charge in [-0.05, 0) is 26.1 Å². The van der Waals surface area contributed by atoms with Crippen LogP contribution in [0.1, 0.15) is 25.5 Å². The molecule has 0 saturated carbocycles. The van der Waals surface area contributed by atoms with Gasteiger partial charge in [-0.25, -0.2) is 9.59 Å². The molecule has 0 aliphatic heterocycles. The third kappa shape index (κ3) is 4.85. The number of hydrogen-bond acceptors (Lipinski definition) is 5. The number of nitrogens with one attached hydrogen (secondary N) is 1. The largest absolute Gasteiger partial charge is 0.451 e. The van der Waals surface area contributed by atoms with Crippen molar-refractivity contribution in [2.75, 3.05) is 13.6 Å². The monoisotopic (exact) mass is 307 g/mol. The van der Waals surface area contributed by atoms with Crippen LogP contribution in [0.15, 0.2) is 30.3 Å². The van der Waals surface area contributed by atoms with Gasteiger partial charge in [-0.2, -0.15) is 0 Å². The second-order valence-electron chi connectivity index (χ2n) is 4.82. The molecule has 0 spiro atoms. The number of rotatable bonds is 6. The maximum atomic E-state index is 12.4. The Morgan fingerprint density at radius 1 is 1.27 bits per heavy atom. The number of likely N-dealkylation sites (N-methyl/N-ethyl adjacent to an activating group) is 1. The topological polar surface area (TPSA) is 102 Å². The SMILES string of the molecule is CCN(C)[C@H](C(=O)O[C@@H](C)C(=O)NC(N)=O)c1ccccc1. The number of nitrogens with two attached hydrogens (primary N) is 1. The molecule has 1 aromatic rings. The van der Waals surface area contributed by atoms with Crippen LogP contribution in [0.3, 0.4) is 0 Å². The van der Waals surface area contributed by atoms with Crippen LogP contribution in [-0.4, -0.2) is 42.5 Å². The zero-order valence-corrected chi connectivity index (χ0v) is 12.9. The molecule has 0 radical (unpaired) electrons. The van der Waals surface area contributed by atoms with Crippen LogP contribution in [0.5, 0.6) is 0 Å². The fourth-order valence-electron chi connectivity index (χ4n) is 1.90. The Kier molecular flexibility index (Phi) is 6.52. The number of benzene rings is 1. The van der Waals surface area contributed by atoms with Crippen molar-refractivity contribution in [3.05, 3.63) is 35.9 Å². The predicted molar refractivity (Wildman–Crippen MR) is 80.8 cm³/mol. The number of hydrogen-bond donors (Lipinski definition) is 2. The lowest BCUT2D eigenvalue weighted by atomic mass is 10.1. The molecule has 0 bridgehead atoms. The summed E-state index contributed by atoms with van der Waals surface area (Å²) >= 11 is 0. The minimum absolute atomic E-state index is 0.567. The van der Waals surface area contributed by atoms with Crippen LogP contribution < -0.4 is 11.1 Å². The van der Waals surface area contributed by atoms with Gasteiger partial charge in [0.1, 0.15) is 6.04 Å². The summed E-state index contributed by atoms with van der Waals surface area (Å²) in [6, 6.07) is 7.50. The number of urea groups is 1. The third-order valence-corrected chi connectivity index (χ3v) is 3.19. The van der Waals surface area contributed by atoms with Gasteiger partial charge in [0.15, 0.2) is 6.10 Å². The van der Waals surface area contributed by atoms with Crippen LogP contribution in [0.4, 0.5) is 4.79 Å². The summed E-state index contributed by atoms with van der Waals surface area (Å²) < 4.78 is 5.15. The van der Waals surface area contributed by atoms with E-state index in [0.717, 1.165) is 5.56 Å². The van der Waals surface area contributed by atoms with Crippen molar-refractivity contribution in [2.24, 2.45) is 5.73 Å². The molecule has 3 amide bonds. The Hall–Kier alpha value is -2.41. The van der Waals surface area contributed by atoms with Crippen molar-refractivity contribution in [1.29, 1.82) is 0 Å². The van der Waals surface area contributed by atoms with Crippen molar-refractivity contribution in [2.45, 2.75) is 26.0 Å². The standard InChI is InChI=1S/C15H21N3O4/c1-4-18(3)12(11-8-6-5-7-9-11)14(20)22-10(2)13(19)17-15(16)21/h5-10,12H,4H2,1-3H3,(H3,16,17,19,21)/t10-,12-/m0/s1. The average Bonchev–Trinajstić information content (AvgIpc) is 2.47. The van der Waals surface area contributed by atoms with E-state index in [0.29, 0.717) is 6.54 Å². The van der Waals surface area contributed by atoms with Crippen LogP contribution in [0, 0.1) is 0 Å². The van der Waals surface area contributed by atoms with Crippen LogP contribution >= 0.6 is 0 Å². The molecule has 2 atom stereocenters. The van der Waals surface area contributed by atoms with Crippen molar-refractivity contribution >= 4 is 17.9 Å². The van der Waals surface area contributed by atoms with Crippen molar-refractivity contribution < 1.29 is 19.1 Å². The lowest BCUT2D eigenvalue weighted by Gasteiger charge is -2.26. The molecule has 1 aromatic carbocycles. The number of esters is 1. The molecule has 7 nitrogen and oxygen atoms in total. The van der Waals surface area contributed by atoms with Gasteiger partial charge in [-0.1, -0.05) is 37.3 Å². The first-order valence-corrected chi connectivity index (χ1v) is 6.92. The van der Waals surface area contributed by atoms with Crippen LogP contribution in [0.2, 0.25) is 0 Å². The molecular formula is C15H21N3O4. The van der Waals surface area contributed by atoms with E-state index in [1.165, 1.54) is 6.92 Å². The number of ether oxygens (including phenoxy) is 1. The predicted octanol–water partition coefficient (Wildman–Crippen LogP) is 0.806. The number of nitrogens with zero attached hydrogens (tertiary/aromatic N) is 1. The minimum Gasteiger partial charge on any atom is -0.451 e. The van der Waals surface area contributed by atoms with E-state index in [1.54, 1.807) is 11.9 Å². The van der Waals surface area contributed by atoms with Gasteiger partial charge in [0.05, 0.1) is 0 Å². The van der Waals surface area contributed by atoms with E-state index in [-0.39, 0.29) is 0 Å². The maximum Gasteiger partial charge on any atom is 0.328 e. The molecule has 0 aliphatic rings. The summed E-state index contributed by atoms with van der Waals surface area (Å²) in [6.45, 7) is 3.91. The molecule has 0 saturated heterocycles. The highest BCUT2D eigenvalue weighted by molar-refractivity contribution is 5.96. The van der Waals surface area contributed by atoms with Gasteiger partial charge in [-0.3, -0.25) is 15.0 Å². The van der Waals surface area contributed by atoms with E-state index in [2.05, 4.69) is 0 Å². The average molecular weight is 307 g/mol. The first kappa shape index (κ1) is 17.6. The van der Waals surface area contributed by atoms with E-state index in [1.807, 2.05) is 42.6 Å². The van der Waals surface area contributed by atoms with Gasteiger partial charge in [0, 0.05) is 0 Å². The summed E-state index contributed by atoms with van der Waals surface area (Å²) in [5.74, 6) is -1.32. The van der Waals surface area contributed by atoms with E-state index in [9.17, 15) is 14.4 Å². The molecule has 120 valence electrons. The van der Waals surface area contributed by atoms with E-state index < -0.39 is 30.1 Å². The number of imide groups is 1. The van der Waals surface area contributed by atoms with Gasteiger partial charge < -0.3 is 10.5 Å². The molecular weight excluding hydrogens is 286 g/mol. The summed E-state index contributed by atoms with van der Waals surface area (Å²) in [5, 5.41) is 1.88. The summed E-state index contributed by atoms with van der Waals surface area (Å²) in [4.78, 5) is 36.4. The first-order chi connectivity index (χ1) is 10.4. The molecule has 22 heavy (non-hydrogen) atoms. The second-order valence-corrected chi connectivity index (χ2v) is 4.82. The Morgan fingerprint density at radius 2 is 1.86 bits per heavy atom. The Labute approximate surface area is 129 Å². The highest BCUT2D eigenvalue weighted by Crippen LogP contribution is 2.21. The smallest absolute Gasteiger partial charge is 0.328 e. The Bertz CT molecular complexity index is 533. The zero-order chi connectivity index (χ0) is 16.7. The zero-order valence-electron chi connectivity index (χ0n) is 12.9. The lowest BCUT2D eigenvalue weighted by Crippen LogP contribution is -2.43. The minimum atomic E-state index is -1.11. The van der Waals surface area contributed by atoms with Gasteiger partial charge >= 0.3 is 12.0 Å². The molecule has 7 heteroatoms. The fourth-order valence-corrected chi connectivity index (χ4v) is 1.90. The first-order valence-electron chi connectivity index (χ1n) is 6.92. The molecule has 0 aromatic heterocycles. The molecule has 0 fully saturated rings. The number of carbonyl (C=O) groups excluding carboxylic acids is 3. The maximum absolute atomic E-state index is 12.4. The van der Waals surface area contributed by atoms with Crippen molar-refractivity contribution in [3.63, 3.8) is 0 Å². The lowest BCUT2D eigenvalue weighted by molar-refractivity contribution is -0.159. The molecule has 1 rings (SSSR count). The summed E-state index contributed by atoms with van der Waals surface area (Å²) in [7, 11) is 1.78. The number of carbonyl (C=O) groups is 3. The van der Waals surface area contributed by atoms with Crippen LogP contribution in [0.25, 0.3) is 0 Å². The Morgan fingerprint density at radius 3 is 2.36 bits per heavy atom. The molecule has 0 aliphatic carbocycles. The third-order valence-electron chi connectivity index (χ3n) is 3.19.